The number of nitrogens with one attached hydrogen (secondary N) is 1. The van der Waals surface area contributed by atoms with Crippen LogP contribution in [0.1, 0.15) is 18.0 Å². The molecule has 1 aromatic heterocycles. The molecule has 1 aliphatic heterocycles. The summed E-state index contributed by atoms with van der Waals surface area (Å²) >= 11 is 0. The minimum atomic E-state index is 0.399. The van der Waals surface area contributed by atoms with Gasteiger partial charge in [-0.25, -0.2) is 0 Å². The summed E-state index contributed by atoms with van der Waals surface area (Å²) in [5.41, 5.74) is 8.24. The molecule has 19 heavy (non-hydrogen) atoms. The molecule has 4 heteroatoms. The Hall–Kier alpha value is -1.52. The van der Waals surface area contributed by atoms with Crippen molar-refractivity contribution >= 4 is 10.9 Å². The summed E-state index contributed by atoms with van der Waals surface area (Å²) in [6.07, 6.45) is 3.07. The summed E-state index contributed by atoms with van der Waals surface area (Å²) in [5, 5.41) is 1.19. The Bertz CT molecular complexity index is 578. The van der Waals surface area contributed by atoms with Crippen LogP contribution in [0.25, 0.3) is 10.9 Å². The van der Waals surface area contributed by atoms with Gasteiger partial charge >= 0.3 is 0 Å². The average Bonchev–Trinajstić information content (AvgIpc) is 3.02. The van der Waals surface area contributed by atoms with E-state index in [1.54, 1.807) is 7.11 Å². The summed E-state index contributed by atoms with van der Waals surface area (Å²) < 4.78 is 5.58. The van der Waals surface area contributed by atoms with Crippen molar-refractivity contribution in [2.75, 3.05) is 27.2 Å². The fraction of sp³-hybridized carbons (Fsp3) is 0.467. The molecule has 3 N–H and O–H groups in total. The molecule has 2 atom stereocenters. The third-order valence-corrected chi connectivity index (χ3v) is 4.23. The number of nitrogens with two attached hydrogens (primary N) is 1. The predicted molar refractivity (Wildman–Crippen MR) is 77.4 cm³/mol. The van der Waals surface area contributed by atoms with Crippen LogP contribution in [-0.4, -0.2) is 37.1 Å². The van der Waals surface area contributed by atoms with E-state index in [0.29, 0.717) is 12.0 Å². The number of benzene rings is 1. The molecular weight excluding hydrogens is 238 g/mol. The average molecular weight is 259 g/mol. The van der Waals surface area contributed by atoms with Crippen LogP contribution in [0, 0.1) is 5.92 Å². The number of likely N-dealkylation sites (tertiary alicyclic amines) is 1. The van der Waals surface area contributed by atoms with Gasteiger partial charge in [-0.1, -0.05) is 0 Å². The van der Waals surface area contributed by atoms with Crippen molar-refractivity contribution in [2.24, 2.45) is 11.7 Å². The summed E-state index contributed by atoms with van der Waals surface area (Å²) in [6.45, 7) is 1.82. The van der Waals surface area contributed by atoms with E-state index in [9.17, 15) is 0 Å². The Kier molecular flexibility index (Phi) is 3.21. The highest BCUT2D eigenvalue weighted by atomic mass is 16.5. The monoisotopic (exact) mass is 259 g/mol. The molecule has 2 aromatic rings. The maximum absolute atomic E-state index is 5.82. The molecule has 0 radical (unpaired) electrons. The first-order valence-corrected chi connectivity index (χ1v) is 6.78. The Balaban J connectivity index is 2.03. The molecule has 0 saturated carbocycles. The van der Waals surface area contributed by atoms with Crippen LogP contribution < -0.4 is 10.5 Å². The standard InChI is InChI=1S/C15H21N3O/c1-18-9-10(8-16)5-14(18)12-7-13-11(3-4-17-13)6-15(12)19-2/h3-4,6-7,10,14,17H,5,8-9,16H2,1-2H3. The Morgan fingerprint density at radius 1 is 1.47 bits per heavy atom. The highest BCUT2D eigenvalue weighted by molar-refractivity contribution is 5.82. The van der Waals surface area contributed by atoms with Gasteiger partial charge in [0.1, 0.15) is 5.75 Å². The molecule has 102 valence electrons. The molecule has 1 fully saturated rings. The number of fused-ring (bicyclic) bond motifs is 1. The highest BCUT2D eigenvalue weighted by Crippen LogP contribution is 2.39. The van der Waals surface area contributed by atoms with E-state index in [-0.39, 0.29) is 0 Å². The summed E-state index contributed by atoms with van der Waals surface area (Å²) in [7, 11) is 3.91. The van der Waals surface area contributed by atoms with Gasteiger partial charge in [0.2, 0.25) is 0 Å². The SMILES string of the molecule is COc1cc2cc[nH]c2cc1C1CC(CN)CN1C. The first kappa shape index (κ1) is 12.5. The zero-order valence-corrected chi connectivity index (χ0v) is 11.5. The fourth-order valence-electron chi connectivity index (χ4n) is 3.17. The number of hydrogen-bond acceptors (Lipinski definition) is 3. The quantitative estimate of drug-likeness (QED) is 0.888. The molecule has 0 aliphatic carbocycles. The third-order valence-electron chi connectivity index (χ3n) is 4.23. The van der Waals surface area contributed by atoms with Gasteiger partial charge in [0.15, 0.2) is 0 Å². The van der Waals surface area contributed by atoms with E-state index < -0.39 is 0 Å². The van der Waals surface area contributed by atoms with Crippen molar-refractivity contribution in [2.45, 2.75) is 12.5 Å². The van der Waals surface area contributed by atoms with E-state index in [0.717, 1.165) is 25.3 Å². The van der Waals surface area contributed by atoms with Crippen LogP contribution in [0.5, 0.6) is 5.75 Å². The van der Waals surface area contributed by atoms with Gasteiger partial charge in [-0.3, -0.25) is 4.90 Å². The van der Waals surface area contributed by atoms with Crippen molar-refractivity contribution in [3.63, 3.8) is 0 Å². The second-order valence-electron chi connectivity index (χ2n) is 5.45. The van der Waals surface area contributed by atoms with E-state index in [4.69, 9.17) is 10.5 Å². The molecule has 1 aromatic carbocycles. The van der Waals surface area contributed by atoms with Crippen LogP contribution in [-0.2, 0) is 0 Å². The normalized spacial score (nSPS) is 24.2. The number of hydrogen-bond donors (Lipinski definition) is 2. The van der Waals surface area contributed by atoms with Crippen LogP contribution in [0.4, 0.5) is 0 Å². The third kappa shape index (κ3) is 2.11. The smallest absolute Gasteiger partial charge is 0.124 e. The Morgan fingerprint density at radius 3 is 3.00 bits per heavy atom. The van der Waals surface area contributed by atoms with Crippen LogP contribution >= 0.6 is 0 Å². The zero-order valence-electron chi connectivity index (χ0n) is 11.5. The number of H-pyrrole nitrogens is 1. The number of methoxy groups -OCH3 is 1. The van der Waals surface area contributed by atoms with Crippen LogP contribution in [0.3, 0.4) is 0 Å². The molecule has 0 amide bonds. The lowest BCUT2D eigenvalue weighted by atomic mass is 9.98. The van der Waals surface area contributed by atoms with Gasteiger partial charge in [0, 0.05) is 35.2 Å². The van der Waals surface area contributed by atoms with Gasteiger partial charge in [0.05, 0.1) is 7.11 Å². The van der Waals surface area contributed by atoms with Gasteiger partial charge in [-0.15, -0.1) is 0 Å². The lowest BCUT2D eigenvalue weighted by Crippen LogP contribution is -2.20. The Morgan fingerprint density at radius 2 is 2.32 bits per heavy atom. The van der Waals surface area contributed by atoms with E-state index >= 15 is 0 Å². The lowest BCUT2D eigenvalue weighted by Gasteiger charge is -2.22. The summed E-state index contributed by atoms with van der Waals surface area (Å²) in [5.74, 6) is 1.56. The number of aromatic amines is 1. The van der Waals surface area contributed by atoms with Gasteiger partial charge in [-0.2, -0.15) is 0 Å². The lowest BCUT2D eigenvalue weighted by molar-refractivity contribution is 0.303. The van der Waals surface area contributed by atoms with Crippen molar-refractivity contribution in [3.05, 3.63) is 30.0 Å². The first-order valence-electron chi connectivity index (χ1n) is 6.78. The summed E-state index contributed by atoms with van der Waals surface area (Å²) in [6, 6.07) is 6.80. The molecule has 1 saturated heterocycles. The van der Waals surface area contributed by atoms with Crippen molar-refractivity contribution in [1.82, 2.24) is 9.88 Å². The van der Waals surface area contributed by atoms with E-state index in [1.807, 2.05) is 6.20 Å². The first-order chi connectivity index (χ1) is 9.22. The molecule has 0 bridgehead atoms. The maximum Gasteiger partial charge on any atom is 0.124 e. The maximum atomic E-state index is 5.82. The van der Waals surface area contributed by atoms with E-state index in [2.05, 4.69) is 35.1 Å². The molecular formula is C15H21N3O. The topological polar surface area (TPSA) is 54.3 Å². The van der Waals surface area contributed by atoms with Crippen LogP contribution in [0.15, 0.2) is 24.4 Å². The van der Waals surface area contributed by atoms with Crippen LogP contribution in [0.2, 0.25) is 0 Å². The van der Waals surface area contributed by atoms with Crippen molar-refractivity contribution in [1.29, 1.82) is 0 Å². The number of aromatic nitrogens is 1. The minimum absolute atomic E-state index is 0.399. The number of nitrogens with zero attached hydrogens (tertiary/aromatic N) is 1. The molecule has 4 nitrogen and oxygen atoms in total. The summed E-state index contributed by atoms with van der Waals surface area (Å²) in [4.78, 5) is 5.66. The van der Waals surface area contributed by atoms with Gasteiger partial charge < -0.3 is 15.5 Å². The predicted octanol–water partition coefficient (Wildman–Crippen LogP) is 2.13. The second kappa shape index (κ2) is 4.87. The van der Waals surface area contributed by atoms with Gasteiger partial charge in [-0.05, 0) is 44.1 Å². The number of rotatable bonds is 3. The highest BCUT2D eigenvalue weighted by Gasteiger charge is 2.31. The molecule has 2 unspecified atom stereocenters. The number of ether oxygens (including phenoxy) is 1. The molecule has 0 spiro atoms. The largest absolute Gasteiger partial charge is 0.496 e. The molecule has 1 aliphatic rings. The zero-order chi connectivity index (χ0) is 13.4. The molecule has 2 heterocycles. The molecule has 3 rings (SSSR count). The minimum Gasteiger partial charge on any atom is -0.496 e. The van der Waals surface area contributed by atoms with Gasteiger partial charge in [0.25, 0.3) is 0 Å². The van der Waals surface area contributed by atoms with Crippen molar-refractivity contribution in [3.8, 4) is 5.75 Å². The van der Waals surface area contributed by atoms with E-state index in [1.165, 1.54) is 16.5 Å². The fourth-order valence-corrected chi connectivity index (χ4v) is 3.17. The van der Waals surface area contributed by atoms with Crippen molar-refractivity contribution < 1.29 is 4.74 Å². The second-order valence-corrected chi connectivity index (χ2v) is 5.45. The Labute approximate surface area is 113 Å².